The zero-order valence-corrected chi connectivity index (χ0v) is 6.64. The first kappa shape index (κ1) is 6.73. The summed E-state index contributed by atoms with van der Waals surface area (Å²) in [5, 5.41) is 2.43. The van der Waals surface area contributed by atoms with E-state index in [4.69, 9.17) is 0 Å². The summed E-state index contributed by atoms with van der Waals surface area (Å²) in [5.41, 5.74) is 0. The lowest BCUT2D eigenvalue weighted by atomic mass is 10.2. The van der Waals surface area contributed by atoms with Crippen molar-refractivity contribution in [1.29, 1.82) is 0 Å². The summed E-state index contributed by atoms with van der Waals surface area (Å²) in [5.74, 6) is -0.320. The zero-order valence-electron chi connectivity index (χ0n) is 4.48. The largest absolute Gasteiger partial charge is 0.331 e. The molecule has 9 heavy (non-hydrogen) atoms. The van der Waals surface area contributed by atoms with Gasteiger partial charge in [-0.1, -0.05) is 0 Å². The van der Waals surface area contributed by atoms with Crippen LogP contribution in [0, 0.1) is 0 Å². The number of ketones is 1. The number of nitrogens with one attached hydrogen (secondary N) is 1. The lowest BCUT2D eigenvalue weighted by Crippen LogP contribution is -2.26. The van der Waals surface area contributed by atoms with Crippen LogP contribution in [0.3, 0.4) is 0 Å². The molecule has 1 aliphatic heterocycles. The van der Waals surface area contributed by atoms with Gasteiger partial charge in [-0.15, -0.1) is 0 Å². The molecule has 1 N–H and O–H groups in total. The molecular formula is C5H4INO2. The van der Waals surface area contributed by atoms with Crippen LogP contribution in [0.2, 0.25) is 0 Å². The number of carbonyl (C=O) groups is 2. The van der Waals surface area contributed by atoms with Crippen molar-refractivity contribution in [3.05, 3.63) is 9.78 Å². The molecule has 0 unspecified atom stereocenters. The number of carbonyl (C=O) groups excluding carboxylic acids is 2. The van der Waals surface area contributed by atoms with E-state index < -0.39 is 0 Å². The van der Waals surface area contributed by atoms with E-state index in [1.807, 2.05) is 22.6 Å². The first-order chi connectivity index (χ1) is 4.20. The average Bonchev–Trinajstić information content (AvgIpc) is 1.80. The van der Waals surface area contributed by atoms with Crippen molar-refractivity contribution in [2.45, 2.75) is 6.42 Å². The van der Waals surface area contributed by atoms with Crippen molar-refractivity contribution in [1.82, 2.24) is 5.32 Å². The van der Waals surface area contributed by atoms with Gasteiger partial charge in [-0.25, -0.2) is 0 Å². The van der Waals surface area contributed by atoms with E-state index in [0.29, 0.717) is 3.58 Å². The van der Waals surface area contributed by atoms with Crippen LogP contribution in [0.25, 0.3) is 0 Å². The molecular weight excluding hydrogens is 233 g/mol. The molecule has 0 atom stereocenters. The summed E-state index contributed by atoms with van der Waals surface area (Å²) >= 11 is 1.89. The van der Waals surface area contributed by atoms with Crippen LogP contribution in [0.1, 0.15) is 6.42 Å². The van der Waals surface area contributed by atoms with Crippen molar-refractivity contribution in [2.24, 2.45) is 0 Å². The number of rotatable bonds is 0. The van der Waals surface area contributed by atoms with E-state index in [9.17, 15) is 9.59 Å². The third kappa shape index (κ3) is 1.51. The van der Waals surface area contributed by atoms with Gasteiger partial charge in [0.05, 0.1) is 10.0 Å². The zero-order chi connectivity index (χ0) is 6.85. The summed E-state index contributed by atoms with van der Waals surface area (Å²) in [6.07, 6.45) is 1.42. The van der Waals surface area contributed by atoms with Gasteiger partial charge in [0.15, 0.2) is 5.78 Å². The molecule has 0 spiro atoms. The Balaban J connectivity index is 2.79. The van der Waals surface area contributed by atoms with Crippen LogP contribution >= 0.6 is 22.6 Å². The molecule has 0 aliphatic carbocycles. The van der Waals surface area contributed by atoms with Crippen LogP contribution in [-0.4, -0.2) is 11.7 Å². The average molecular weight is 237 g/mol. The summed E-state index contributed by atoms with van der Waals surface area (Å²) in [6.45, 7) is 0. The van der Waals surface area contributed by atoms with Gasteiger partial charge < -0.3 is 5.32 Å². The molecule has 1 aliphatic rings. The lowest BCUT2D eigenvalue weighted by molar-refractivity contribution is -0.126. The molecule has 3 nitrogen and oxygen atoms in total. The number of hydrogen-bond donors (Lipinski definition) is 1. The Labute approximate surface area is 65.6 Å². The highest BCUT2D eigenvalue weighted by Gasteiger charge is 2.15. The van der Waals surface area contributed by atoms with Crippen molar-refractivity contribution in [3.8, 4) is 0 Å². The Morgan fingerprint density at radius 1 is 1.56 bits per heavy atom. The highest BCUT2D eigenvalue weighted by Crippen LogP contribution is 2.11. The Hall–Kier alpha value is -0.390. The van der Waals surface area contributed by atoms with E-state index in [1.54, 1.807) is 0 Å². The Morgan fingerprint density at radius 2 is 2.22 bits per heavy atom. The van der Waals surface area contributed by atoms with Crippen LogP contribution in [-0.2, 0) is 9.59 Å². The molecule has 0 bridgehead atoms. The maximum atomic E-state index is 10.7. The van der Waals surface area contributed by atoms with Gasteiger partial charge in [-0.3, -0.25) is 9.59 Å². The van der Waals surface area contributed by atoms with Gasteiger partial charge in [0.1, 0.15) is 0 Å². The van der Waals surface area contributed by atoms with Crippen molar-refractivity contribution >= 4 is 34.3 Å². The summed E-state index contributed by atoms with van der Waals surface area (Å²) < 4.78 is 0.590. The second kappa shape index (κ2) is 2.47. The first-order valence-corrected chi connectivity index (χ1v) is 3.46. The van der Waals surface area contributed by atoms with Gasteiger partial charge >= 0.3 is 0 Å². The van der Waals surface area contributed by atoms with E-state index >= 15 is 0 Å². The van der Waals surface area contributed by atoms with E-state index in [0.717, 1.165) is 0 Å². The van der Waals surface area contributed by atoms with Crippen LogP contribution in [0.5, 0.6) is 0 Å². The maximum absolute atomic E-state index is 10.7. The minimum Gasteiger partial charge on any atom is -0.331 e. The molecule has 0 fully saturated rings. The number of Topliss-reactive ketones (excluding diaryl/α,β-unsaturated/α-hetero) is 1. The maximum Gasteiger partial charge on any atom is 0.231 e. The molecule has 0 saturated carbocycles. The topological polar surface area (TPSA) is 46.2 Å². The predicted molar refractivity (Wildman–Crippen MR) is 39.9 cm³/mol. The Bertz CT molecular complexity index is 197. The second-order valence-corrected chi connectivity index (χ2v) is 2.82. The molecule has 1 heterocycles. The molecule has 1 rings (SSSR count). The summed E-state index contributed by atoms with van der Waals surface area (Å²) in [7, 11) is 0. The van der Waals surface area contributed by atoms with E-state index in [2.05, 4.69) is 5.32 Å². The van der Waals surface area contributed by atoms with Crippen molar-refractivity contribution < 1.29 is 9.59 Å². The highest BCUT2D eigenvalue weighted by atomic mass is 127. The van der Waals surface area contributed by atoms with Crippen LogP contribution < -0.4 is 5.32 Å². The standard InChI is InChI=1S/C5H4INO2/c6-3-2-7-5(9)1-4(3)8/h2H,1H2,(H,7,9). The minimum absolute atomic E-state index is 0.00519. The molecule has 0 saturated heterocycles. The van der Waals surface area contributed by atoms with Gasteiger partial charge in [-0.05, 0) is 22.6 Å². The molecule has 0 radical (unpaired) electrons. The quantitative estimate of drug-likeness (QED) is 0.488. The first-order valence-electron chi connectivity index (χ1n) is 2.38. The number of halogens is 1. The fraction of sp³-hybridized carbons (Fsp3) is 0.200. The minimum atomic E-state index is -0.222. The summed E-state index contributed by atoms with van der Waals surface area (Å²) in [6, 6.07) is 0. The second-order valence-electron chi connectivity index (χ2n) is 1.66. The molecule has 0 aromatic heterocycles. The molecule has 0 aromatic rings. The van der Waals surface area contributed by atoms with E-state index in [1.165, 1.54) is 6.20 Å². The Morgan fingerprint density at radius 3 is 2.67 bits per heavy atom. The normalized spacial score (nSPS) is 19.0. The SMILES string of the molecule is O=C1CC(=O)C(I)=CN1. The van der Waals surface area contributed by atoms with Gasteiger partial charge in [-0.2, -0.15) is 0 Å². The molecule has 4 heteroatoms. The predicted octanol–water partition coefficient (Wildman–Crippen LogP) is 0.352. The third-order valence-electron chi connectivity index (χ3n) is 0.947. The Kier molecular flexibility index (Phi) is 1.84. The van der Waals surface area contributed by atoms with Crippen molar-refractivity contribution in [2.75, 3.05) is 0 Å². The van der Waals surface area contributed by atoms with Crippen LogP contribution in [0.4, 0.5) is 0 Å². The lowest BCUT2D eigenvalue weighted by Gasteiger charge is -2.05. The number of allylic oxidation sites excluding steroid dienone is 1. The number of amides is 1. The third-order valence-corrected chi connectivity index (χ3v) is 1.86. The van der Waals surface area contributed by atoms with Crippen LogP contribution in [0.15, 0.2) is 9.78 Å². The molecule has 1 amide bonds. The fourth-order valence-corrected chi connectivity index (χ4v) is 0.852. The highest BCUT2D eigenvalue weighted by molar-refractivity contribution is 14.1. The fourth-order valence-electron chi connectivity index (χ4n) is 0.506. The van der Waals surface area contributed by atoms with Gasteiger partial charge in [0.25, 0.3) is 0 Å². The van der Waals surface area contributed by atoms with E-state index in [-0.39, 0.29) is 18.1 Å². The molecule has 48 valence electrons. The monoisotopic (exact) mass is 237 g/mol. The van der Waals surface area contributed by atoms with Gasteiger partial charge in [0, 0.05) is 6.20 Å². The smallest absolute Gasteiger partial charge is 0.231 e. The van der Waals surface area contributed by atoms with Crippen molar-refractivity contribution in [3.63, 3.8) is 0 Å². The summed E-state index contributed by atoms with van der Waals surface area (Å²) in [4.78, 5) is 21.1. The number of hydrogen-bond acceptors (Lipinski definition) is 2. The van der Waals surface area contributed by atoms with Gasteiger partial charge in [0.2, 0.25) is 5.91 Å². The molecule has 0 aromatic carbocycles.